The lowest BCUT2D eigenvalue weighted by atomic mass is 9.96. The van der Waals surface area contributed by atoms with Crippen LogP contribution in [0.25, 0.3) is 5.69 Å². The van der Waals surface area contributed by atoms with Gasteiger partial charge in [-0.05, 0) is 48.9 Å². The fraction of sp³-hybridized carbons (Fsp3) is 0.158. The molecule has 3 aromatic rings. The van der Waals surface area contributed by atoms with Crippen LogP contribution in [0.15, 0.2) is 67.3 Å². The van der Waals surface area contributed by atoms with Crippen LogP contribution >= 0.6 is 0 Å². The minimum atomic E-state index is -1.29. The van der Waals surface area contributed by atoms with Gasteiger partial charge < -0.3 is 15.0 Å². The summed E-state index contributed by atoms with van der Waals surface area (Å²) in [5.41, 5.74) is 0.621. The quantitative estimate of drug-likeness (QED) is 0.751. The first-order valence-electron chi connectivity index (χ1n) is 7.81. The van der Waals surface area contributed by atoms with Gasteiger partial charge in [-0.25, -0.2) is 9.37 Å². The van der Waals surface area contributed by atoms with Gasteiger partial charge in [0.2, 0.25) is 0 Å². The van der Waals surface area contributed by atoms with Crippen LogP contribution in [0, 0.1) is 5.82 Å². The molecule has 1 aromatic heterocycles. The van der Waals surface area contributed by atoms with E-state index in [-0.39, 0.29) is 18.3 Å². The van der Waals surface area contributed by atoms with E-state index >= 15 is 0 Å². The predicted molar refractivity (Wildman–Crippen MR) is 91.9 cm³/mol. The summed E-state index contributed by atoms with van der Waals surface area (Å²) < 4.78 is 14.8. The van der Waals surface area contributed by atoms with Crippen LogP contribution < -0.4 is 5.32 Å². The molecule has 2 aromatic carbocycles. The maximum absolute atomic E-state index is 13.0. The molecule has 1 unspecified atom stereocenters. The Balaban J connectivity index is 1.65. The molecule has 0 aliphatic heterocycles. The summed E-state index contributed by atoms with van der Waals surface area (Å²) in [5, 5.41) is 13.2. The first-order chi connectivity index (χ1) is 12.0. The second-order valence-corrected chi connectivity index (χ2v) is 5.98. The molecular formula is C19H18FN3O2. The molecule has 1 amide bonds. The minimum absolute atomic E-state index is 0.0146. The van der Waals surface area contributed by atoms with Crippen molar-refractivity contribution in [2.24, 2.45) is 0 Å². The Morgan fingerprint density at radius 3 is 2.48 bits per heavy atom. The van der Waals surface area contributed by atoms with Crippen LogP contribution in [0.5, 0.6) is 0 Å². The molecule has 2 N–H and O–H groups in total. The highest BCUT2D eigenvalue weighted by molar-refractivity contribution is 5.94. The Labute approximate surface area is 144 Å². The maximum Gasteiger partial charge on any atom is 0.251 e. The lowest BCUT2D eigenvalue weighted by Gasteiger charge is -2.24. The van der Waals surface area contributed by atoms with Crippen molar-refractivity contribution in [1.82, 2.24) is 14.9 Å². The number of hydrogen-bond donors (Lipinski definition) is 2. The summed E-state index contributed by atoms with van der Waals surface area (Å²) >= 11 is 0. The molecule has 0 saturated carbocycles. The fourth-order valence-corrected chi connectivity index (χ4v) is 2.46. The number of rotatable bonds is 5. The topological polar surface area (TPSA) is 67.2 Å². The second kappa shape index (κ2) is 6.86. The number of carbonyl (C=O) groups excluding carboxylic acids is 1. The number of nitrogens with zero attached hydrogens (tertiary/aromatic N) is 2. The number of benzene rings is 2. The van der Waals surface area contributed by atoms with Crippen molar-refractivity contribution in [2.45, 2.75) is 12.5 Å². The molecule has 0 spiro atoms. The molecule has 25 heavy (non-hydrogen) atoms. The van der Waals surface area contributed by atoms with Gasteiger partial charge in [0.25, 0.3) is 5.91 Å². The zero-order valence-electron chi connectivity index (χ0n) is 13.7. The summed E-state index contributed by atoms with van der Waals surface area (Å²) in [4.78, 5) is 16.3. The Kier molecular flexibility index (Phi) is 4.63. The van der Waals surface area contributed by atoms with Gasteiger partial charge in [-0.3, -0.25) is 4.79 Å². The number of halogens is 1. The number of amides is 1. The number of aliphatic hydroxyl groups is 1. The zero-order chi connectivity index (χ0) is 17.9. The average Bonchev–Trinajstić information content (AvgIpc) is 3.15. The normalized spacial score (nSPS) is 13.2. The molecule has 0 aliphatic rings. The Morgan fingerprint density at radius 2 is 1.88 bits per heavy atom. The van der Waals surface area contributed by atoms with Crippen molar-refractivity contribution in [2.75, 3.05) is 6.54 Å². The Bertz CT molecular complexity index is 841. The first kappa shape index (κ1) is 16.9. The average molecular weight is 339 g/mol. The molecule has 0 aliphatic carbocycles. The standard InChI is InChI=1S/C19H18FN3O2/c1-19(25,15-4-6-16(20)7-5-15)12-22-18(24)14-2-8-17(9-3-14)23-11-10-21-13-23/h2-11,13,25H,12H2,1H3,(H,22,24). The molecule has 0 fully saturated rings. The van der Waals surface area contributed by atoms with E-state index in [0.717, 1.165) is 5.69 Å². The summed E-state index contributed by atoms with van der Waals surface area (Å²) in [6, 6.07) is 12.6. The molecule has 3 rings (SSSR count). The van der Waals surface area contributed by atoms with Crippen molar-refractivity contribution < 1.29 is 14.3 Å². The fourth-order valence-electron chi connectivity index (χ4n) is 2.46. The third kappa shape index (κ3) is 3.92. The molecular weight excluding hydrogens is 321 g/mol. The van der Waals surface area contributed by atoms with Gasteiger partial charge in [0.1, 0.15) is 11.4 Å². The summed E-state index contributed by atoms with van der Waals surface area (Å²) in [6.07, 6.45) is 5.17. The van der Waals surface area contributed by atoms with Crippen molar-refractivity contribution in [3.05, 3.63) is 84.2 Å². The largest absolute Gasteiger partial charge is 0.384 e. The van der Waals surface area contributed by atoms with Crippen LogP contribution in [0.4, 0.5) is 4.39 Å². The lowest BCUT2D eigenvalue weighted by molar-refractivity contribution is 0.0526. The lowest BCUT2D eigenvalue weighted by Crippen LogP contribution is -2.38. The van der Waals surface area contributed by atoms with Crippen LogP contribution in [0.1, 0.15) is 22.8 Å². The molecule has 1 atom stereocenters. The third-order valence-corrected chi connectivity index (χ3v) is 3.99. The molecule has 128 valence electrons. The van der Waals surface area contributed by atoms with Crippen LogP contribution in [-0.4, -0.2) is 27.1 Å². The van der Waals surface area contributed by atoms with E-state index < -0.39 is 5.60 Å². The van der Waals surface area contributed by atoms with Crippen molar-refractivity contribution in [3.8, 4) is 5.69 Å². The number of carbonyl (C=O) groups is 1. The highest BCUT2D eigenvalue weighted by Gasteiger charge is 2.24. The number of aromatic nitrogens is 2. The monoisotopic (exact) mass is 339 g/mol. The van der Waals surface area contributed by atoms with E-state index in [4.69, 9.17) is 0 Å². The van der Waals surface area contributed by atoms with Gasteiger partial charge in [0.15, 0.2) is 0 Å². The van der Waals surface area contributed by atoms with E-state index in [1.54, 1.807) is 31.6 Å². The van der Waals surface area contributed by atoms with E-state index in [2.05, 4.69) is 10.3 Å². The number of hydrogen-bond acceptors (Lipinski definition) is 3. The van der Waals surface area contributed by atoms with Gasteiger partial charge in [-0.2, -0.15) is 0 Å². The molecule has 0 saturated heterocycles. The Hall–Kier alpha value is -2.99. The number of imidazole rings is 1. The van der Waals surface area contributed by atoms with Crippen molar-refractivity contribution in [3.63, 3.8) is 0 Å². The van der Waals surface area contributed by atoms with Gasteiger partial charge in [-0.1, -0.05) is 12.1 Å². The summed E-state index contributed by atoms with van der Waals surface area (Å²) in [5.74, 6) is -0.666. The predicted octanol–water partition coefficient (Wildman–Crippen LogP) is 2.65. The summed E-state index contributed by atoms with van der Waals surface area (Å²) in [6.45, 7) is 1.59. The third-order valence-electron chi connectivity index (χ3n) is 3.99. The van der Waals surface area contributed by atoms with Crippen molar-refractivity contribution in [1.29, 1.82) is 0 Å². The highest BCUT2D eigenvalue weighted by atomic mass is 19.1. The van der Waals surface area contributed by atoms with E-state index in [0.29, 0.717) is 11.1 Å². The minimum Gasteiger partial charge on any atom is -0.384 e. The van der Waals surface area contributed by atoms with E-state index in [1.807, 2.05) is 22.9 Å². The summed E-state index contributed by atoms with van der Waals surface area (Å²) in [7, 11) is 0. The van der Waals surface area contributed by atoms with Crippen molar-refractivity contribution >= 4 is 5.91 Å². The molecule has 5 nitrogen and oxygen atoms in total. The van der Waals surface area contributed by atoms with Gasteiger partial charge in [-0.15, -0.1) is 0 Å². The maximum atomic E-state index is 13.0. The SMILES string of the molecule is CC(O)(CNC(=O)c1ccc(-n2ccnc2)cc1)c1ccc(F)cc1. The van der Waals surface area contributed by atoms with Gasteiger partial charge in [0, 0.05) is 23.6 Å². The Morgan fingerprint density at radius 1 is 1.20 bits per heavy atom. The smallest absolute Gasteiger partial charge is 0.251 e. The molecule has 6 heteroatoms. The van der Waals surface area contributed by atoms with E-state index in [1.165, 1.54) is 24.3 Å². The molecule has 0 bridgehead atoms. The molecule has 0 radical (unpaired) electrons. The highest BCUT2D eigenvalue weighted by Crippen LogP contribution is 2.20. The van der Waals surface area contributed by atoms with Gasteiger partial charge >= 0.3 is 0 Å². The van der Waals surface area contributed by atoms with Gasteiger partial charge in [0.05, 0.1) is 12.9 Å². The number of nitrogens with one attached hydrogen (secondary N) is 1. The van der Waals surface area contributed by atoms with Crippen LogP contribution in [-0.2, 0) is 5.60 Å². The second-order valence-electron chi connectivity index (χ2n) is 5.98. The molecule has 1 heterocycles. The zero-order valence-corrected chi connectivity index (χ0v) is 13.7. The first-order valence-corrected chi connectivity index (χ1v) is 7.81. The van der Waals surface area contributed by atoms with E-state index in [9.17, 15) is 14.3 Å². The van der Waals surface area contributed by atoms with Crippen LogP contribution in [0.2, 0.25) is 0 Å². The van der Waals surface area contributed by atoms with Crippen LogP contribution in [0.3, 0.4) is 0 Å².